The minimum absolute atomic E-state index is 0.118. The van der Waals surface area contributed by atoms with Gasteiger partial charge in [0.05, 0.1) is 11.0 Å². The number of benzene rings is 10. The molecule has 4 nitrogen and oxygen atoms in total. The van der Waals surface area contributed by atoms with Gasteiger partial charge in [-0.2, -0.15) is 9.97 Å². The van der Waals surface area contributed by atoms with Crippen LogP contribution in [0.4, 0.5) is 0 Å². The molecule has 13 rings (SSSR count). The van der Waals surface area contributed by atoms with Crippen molar-refractivity contribution in [3.8, 4) is 62.1 Å². The summed E-state index contributed by atoms with van der Waals surface area (Å²) in [6.45, 7) is 17.5. The van der Waals surface area contributed by atoms with E-state index in [0.717, 1.165) is 94.3 Å². The fourth-order valence-corrected chi connectivity index (χ4v) is 11.4. The first-order valence-corrected chi connectivity index (χ1v) is 24.8. The van der Waals surface area contributed by atoms with Gasteiger partial charge in [-0.15, -0.1) is 0 Å². The molecule has 0 bridgehead atoms. The Bertz CT molecular complexity index is 4100. The van der Waals surface area contributed by atoms with E-state index in [-0.39, 0.29) is 5.41 Å². The lowest BCUT2D eigenvalue weighted by Crippen LogP contribution is -2.19. The van der Waals surface area contributed by atoms with Crippen LogP contribution in [0.3, 0.4) is 0 Å². The Morgan fingerprint density at radius 1 is 0.451 bits per heavy atom. The first kappa shape index (κ1) is 43.5. The molecular weight excluding hydrogens is 861 g/mol. The van der Waals surface area contributed by atoms with E-state index >= 15 is 0 Å². The molecule has 0 spiro atoms. The van der Waals surface area contributed by atoms with Gasteiger partial charge in [0, 0.05) is 38.3 Å². The van der Waals surface area contributed by atoms with E-state index < -0.39 is 0 Å². The summed E-state index contributed by atoms with van der Waals surface area (Å²) < 4.78 is 2.31. The van der Waals surface area contributed by atoms with Gasteiger partial charge >= 0.3 is 0 Å². The number of fused-ring (bicyclic) bond motifs is 11. The van der Waals surface area contributed by atoms with Crippen molar-refractivity contribution < 1.29 is 0 Å². The van der Waals surface area contributed by atoms with Gasteiger partial charge in [0.1, 0.15) is 0 Å². The summed E-state index contributed by atoms with van der Waals surface area (Å²) in [4.78, 5) is 16.4. The lowest BCUT2D eigenvalue weighted by atomic mass is 9.77. The Morgan fingerprint density at radius 3 is 1.77 bits per heavy atom. The molecule has 4 heteroatoms. The topological polar surface area (TPSA) is 43.6 Å². The van der Waals surface area contributed by atoms with Gasteiger partial charge in [0.15, 0.2) is 11.6 Å². The third-order valence-corrected chi connectivity index (χ3v) is 14.9. The van der Waals surface area contributed by atoms with Crippen molar-refractivity contribution in [2.24, 2.45) is 0 Å². The summed E-state index contributed by atoms with van der Waals surface area (Å²) in [7, 11) is 0. The molecule has 1 unspecified atom stereocenters. The highest BCUT2D eigenvalue weighted by Crippen LogP contribution is 2.54. The maximum atomic E-state index is 5.53. The normalized spacial score (nSPS) is 13.9. The van der Waals surface area contributed by atoms with E-state index in [0.29, 0.717) is 17.6 Å². The largest absolute Gasteiger partial charge is 0.277 e. The molecule has 0 amide bonds. The second-order valence-electron chi connectivity index (χ2n) is 18.5. The Morgan fingerprint density at radius 2 is 1.03 bits per heavy atom. The quantitative estimate of drug-likeness (QED) is 0.153. The Labute approximate surface area is 415 Å². The second kappa shape index (κ2) is 17.3. The molecule has 340 valence electrons. The van der Waals surface area contributed by atoms with Crippen LogP contribution in [0.2, 0.25) is 0 Å². The van der Waals surface area contributed by atoms with Crippen molar-refractivity contribution in [2.45, 2.75) is 39.5 Å². The minimum atomic E-state index is -0.118. The van der Waals surface area contributed by atoms with Crippen LogP contribution in [0.5, 0.6) is 0 Å². The van der Waals surface area contributed by atoms with Crippen molar-refractivity contribution in [1.82, 2.24) is 19.5 Å². The standard InChI is InChI=1S/C65H46N4.C2H6/c1-5-48-49(6-2)59-54-27-17-26-51(46-35-36-56-55(39-46)58-50-23-14-13-21-43(50)34-37-57(58)65(56,4)7-3)60(54)69(61(59)53-25-16-15-24-52(48)53)64-67-62(44-31-28-42(29-32-44)40-18-9-8-10-19-40)66-63(68-64)47-33-30-41-20-11-12-22-45(41)38-47;1-2/h5-6,8-39H,1-2,7H2,3-4H3;1-2H3. The molecule has 1 aliphatic rings. The van der Waals surface area contributed by atoms with E-state index in [1.165, 1.54) is 33.0 Å². The van der Waals surface area contributed by atoms with E-state index in [1.54, 1.807) is 0 Å². The van der Waals surface area contributed by atoms with Crippen LogP contribution in [-0.2, 0) is 5.41 Å². The average molecular weight is 913 g/mol. The molecule has 0 N–H and O–H groups in total. The number of hydrogen-bond donors (Lipinski definition) is 0. The smallest absolute Gasteiger partial charge is 0.238 e. The number of para-hydroxylation sites is 1. The molecule has 0 aliphatic heterocycles. The summed E-state index contributed by atoms with van der Waals surface area (Å²) in [5, 5.41) is 9.13. The number of rotatable bonds is 8. The Balaban J connectivity index is 0.00000256. The van der Waals surface area contributed by atoms with Gasteiger partial charge in [-0.1, -0.05) is 235 Å². The molecule has 10 aromatic carbocycles. The van der Waals surface area contributed by atoms with Gasteiger partial charge in [-0.05, 0) is 95.6 Å². The number of hydrogen-bond acceptors (Lipinski definition) is 3. The molecule has 1 aliphatic carbocycles. The van der Waals surface area contributed by atoms with Crippen molar-refractivity contribution >= 4 is 66.3 Å². The predicted octanol–water partition coefficient (Wildman–Crippen LogP) is 18.1. The fourth-order valence-electron chi connectivity index (χ4n) is 11.4. The van der Waals surface area contributed by atoms with Crippen LogP contribution in [0, 0.1) is 0 Å². The van der Waals surface area contributed by atoms with Crippen molar-refractivity contribution in [3.63, 3.8) is 0 Å². The van der Waals surface area contributed by atoms with Crippen molar-refractivity contribution in [3.05, 3.63) is 230 Å². The Hall–Kier alpha value is -8.73. The highest BCUT2D eigenvalue weighted by Gasteiger charge is 2.39. The van der Waals surface area contributed by atoms with E-state index in [4.69, 9.17) is 15.0 Å². The van der Waals surface area contributed by atoms with Gasteiger partial charge in [-0.25, -0.2) is 4.98 Å². The average Bonchev–Trinajstić information content (AvgIpc) is 3.93. The van der Waals surface area contributed by atoms with Crippen LogP contribution >= 0.6 is 0 Å². The van der Waals surface area contributed by atoms with E-state index in [9.17, 15) is 0 Å². The lowest BCUT2D eigenvalue weighted by Gasteiger charge is -2.26. The van der Waals surface area contributed by atoms with Crippen LogP contribution in [-0.4, -0.2) is 19.5 Å². The molecule has 2 aromatic heterocycles. The monoisotopic (exact) mass is 912 g/mol. The van der Waals surface area contributed by atoms with Crippen LogP contribution < -0.4 is 0 Å². The molecule has 0 radical (unpaired) electrons. The third kappa shape index (κ3) is 6.77. The highest BCUT2D eigenvalue weighted by molar-refractivity contribution is 6.25. The zero-order valence-corrected chi connectivity index (χ0v) is 40.5. The molecule has 12 aromatic rings. The maximum absolute atomic E-state index is 5.53. The van der Waals surface area contributed by atoms with Crippen LogP contribution in [0.25, 0.3) is 128 Å². The fraction of sp³-hybridized carbons (Fsp3) is 0.0896. The SMILES string of the molecule is C=Cc1c(C=C)c2c3cccc(-c4ccc5c(c4)-c4c(ccc6ccccc46)C5(C)CC)c3n(-c3nc(-c4ccc(-c5ccccc5)cc4)nc(-c4ccc5ccccc5c4)n3)c2c2ccccc12.CC. The summed E-state index contributed by atoms with van der Waals surface area (Å²) >= 11 is 0. The number of nitrogens with zero attached hydrogens (tertiary/aromatic N) is 4. The van der Waals surface area contributed by atoms with Gasteiger partial charge in [0.25, 0.3) is 0 Å². The highest BCUT2D eigenvalue weighted by atomic mass is 15.2. The summed E-state index contributed by atoms with van der Waals surface area (Å²) in [5.74, 6) is 1.72. The zero-order chi connectivity index (χ0) is 48.4. The molecular formula is C67H52N4. The minimum Gasteiger partial charge on any atom is -0.277 e. The molecule has 2 heterocycles. The summed E-state index contributed by atoms with van der Waals surface area (Å²) in [5.41, 5.74) is 15.6. The molecule has 0 saturated carbocycles. The second-order valence-corrected chi connectivity index (χ2v) is 18.5. The van der Waals surface area contributed by atoms with Crippen LogP contribution in [0.1, 0.15) is 56.4 Å². The van der Waals surface area contributed by atoms with E-state index in [2.05, 4.69) is 220 Å². The summed E-state index contributed by atoms with van der Waals surface area (Å²) in [6.07, 6.45) is 4.95. The summed E-state index contributed by atoms with van der Waals surface area (Å²) in [6, 6.07) is 69.8. The van der Waals surface area contributed by atoms with E-state index in [1.807, 2.05) is 32.1 Å². The molecule has 0 fully saturated rings. The van der Waals surface area contributed by atoms with Gasteiger partial charge in [0.2, 0.25) is 5.95 Å². The van der Waals surface area contributed by atoms with Crippen LogP contribution in [0.15, 0.2) is 207 Å². The van der Waals surface area contributed by atoms with Crippen molar-refractivity contribution in [1.29, 1.82) is 0 Å². The number of aromatic nitrogens is 4. The van der Waals surface area contributed by atoms with Gasteiger partial charge in [-0.3, -0.25) is 4.57 Å². The predicted molar refractivity (Wildman–Crippen MR) is 302 cm³/mol. The zero-order valence-electron chi connectivity index (χ0n) is 40.5. The lowest BCUT2D eigenvalue weighted by molar-refractivity contribution is 0.565. The molecule has 71 heavy (non-hydrogen) atoms. The molecule has 1 atom stereocenters. The first-order valence-electron chi connectivity index (χ1n) is 24.8. The maximum Gasteiger partial charge on any atom is 0.238 e. The molecule has 0 saturated heterocycles. The van der Waals surface area contributed by atoms with Crippen molar-refractivity contribution in [2.75, 3.05) is 0 Å². The Kier molecular flexibility index (Phi) is 10.6. The third-order valence-electron chi connectivity index (χ3n) is 14.9. The first-order chi connectivity index (χ1) is 34.9. The van der Waals surface area contributed by atoms with Gasteiger partial charge < -0.3 is 0 Å².